The minimum atomic E-state index is -4.33. The summed E-state index contributed by atoms with van der Waals surface area (Å²) in [6.45, 7) is 1.97. The second kappa shape index (κ2) is 11.1. The van der Waals surface area contributed by atoms with Crippen LogP contribution in [0.25, 0.3) is 17.0 Å². The Labute approximate surface area is 222 Å². The number of hydrogen-bond donors (Lipinski definition) is 4. The van der Waals surface area contributed by atoms with E-state index in [0.29, 0.717) is 17.4 Å². The molecular weight excluding hydrogens is 534 g/mol. The maximum atomic E-state index is 12.9. The Morgan fingerprint density at radius 3 is 2.74 bits per heavy atom. The van der Waals surface area contributed by atoms with E-state index in [2.05, 4.69) is 30.1 Å². The second-order valence-corrected chi connectivity index (χ2v) is 10.3. The van der Waals surface area contributed by atoms with E-state index in [-0.39, 0.29) is 21.6 Å². The van der Waals surface area contributed by atoms with Crippen LogP contribution in [-0.4, -0.2) is 56.8 Å². The lowest BCUT2D eigenvalue weighted by Gasteiger charge is -2.14. The van der Waals surface area contributed by atoms with E-state index in [0.717, 1.165) is 11.4 Å². The van der Waals surface area contributed by atoms with Gasteiger partial charge in [-0.05, 0) is 36.8 Å². The van der Waals surface area contributed by atoms with E-state index in [1.54, 1.807) is 24.4 Å². The summed E-state index contributed by atoms with van der Waals surface area (Å²) in [7, 11) is -2.87. The highest BCUT2D eigenvalue weighted by Crippen LogP contribution is 2.24. The molecule has 3 aromatic heterocycles. The topological polar surface area (TPSA) is 172 Å². The van der Waals surface area contributed by atoms with E-state index in [9.17, 15) is 23.1 Å². The Kier molecular flexibility index (Phi) is 7.90. The van der Waals surface area contributed by atoms with E-state index in [1.165, 1.54) is 18.7 Å². The van der Waals surface area contributed by atoms with Crippen molar-refractivity contribution in [2.75, 3.05) is 11.9 Å². The maximum absolute atomic E-state index is 12.9. The molecule has 0 bridgehead atoms. The summed E-state index contributed by atoms with van der Waals surface area (Å²) < 4.78 is 29.1. The number of benzene rings is 1. The number of anilines is 1. The average molecular weight is 558 g/mol. The molecule has 0 saturated heterocycles. The monoisotopic (exact) mass is 557 g/mol. The van der Waals surface area contributed by atoms with Gasteiger partial charge in [0.15, 0.2) is 0 Å². The van der Waals surface area contributed by atoms with Crippen LogP contribution in [0.15, 0.2) is 58.4 Å². The van der Waals surface area contributed by atoms with Crippen molar-refractivity contribution >= 4 is 50.4 Å². The van der Waals surface area contributed by atoms with Gasteiger partial charge in [-0.2, -0.15) is 9.82 Å². The summed E-state index contributed by atoms with van der Waals surface area (Å²) in [6, 6.07) is 8.99. The first kappa shape index (κ1) is 27.0. The Bertz CT molecular complexity index is 1680. The highest BCUT2D eigenvalue weighted by Gasteiger charge is 2.31. The van der Waals surface area contributed by atoms with Gasteiger partial charge in [-0.25, -0.2) is 18.4 Å². The van der Waals surface area contributed by atoms with Gasteiger partial charge in [0, 0.05) is 26.2 Å². The molecular formula is C24H24ClN7O5S. The van der Waals surface area contributed by atoms with Crippen molar-refractivity contribution < 1.29 is 18.3 Å². The third-order valence-electron chi connectivity index (χ3n) is 5.52. The molecule has 4 aromatic rings. The zero-order valence-electron chi connectivity index (χ0n) is 20.3. The van der Waals surface area contributed by atoms with Gasteiger partial charge in [0.2, 0.25) is 10.0 Å². The van der Waals surface area contributed by atoms with Gasteiger partial charge in [0.1, 0.15) is 27.7 Å². The van der Waals surface area contributed by atoms with Gasteiger partial charge in [-0.15, -0.1) is 0 Å². The number of sulfonamides is 1. The van der Waals surface area contributed by atoms with E-state index in [4.69, 9.17) is 11.6 Å². The molecule has 0 aliphatic carbocycles. The number of aliphatic carboxylic acids is 1. The number of aryl methyl sites for hydroxylation is 2. The molecule has 0 amide bonds. The van der Waals surface area contributed by atoms with Gasteiger partial charge in [-0.3, -0.25) is 14.3 Å². The summed E-state index contributed by atoms with van der Waals surface area (Å²) >= 11 is 6.05. The second-order valence-electron chi connectivity index (χ2n) is 8.33. The van der Waals surface area contributed by atoms with Gasteiger partial charge < -0.3 is 15.4 Å². The predicted octanol–water partition coefficient (Wildman–Crippen LogP) is 2.11. The molecule has 1 atom stereocenters. The molecule has 4 N–H and O–H groups in total. The van der Waals surface area contributed by atoms with Gasteiger partial charge >= 0.3 is 5.97 Å². The number of H-pyrrole nitrogens is 1. The van der Waals surface area contributed by atoms with Crippen LogP contribution in [0.5, 0.6) is 0 Å². The Morgan fingerprint density at radius 1 is 1.29 bits per heavy atom. The minimum Gasteiger partial charge on any atom is -0.480 e. The highest BCUT2D eigenvalue weighted by molar-refractivity contribution is 7.89. The fourth-order valence-corrected chi connectivity index (χ4v) is 5.71. The average Bonchev–Trinajstić information content (AvgIpc) is 3.13. The largest absolute Gasteiger partial charge is 0.480 e. The summed E-state index contributed by atoms with van der Waals surface area (Å²) in [5, 5.41) is 16.9. The summed E-state index contributed by atoms with van der Waals surface area (Å²) in [5.74, 6) is -0.701. The molecule has 0 spiro atoms. The molecule has 4 rings (SSSR count). The van der Waals surface area contributed by atoms with Gasteiger partial charge in [0.05, 0.1) is 16.6 Å². The lowest BCUT2D eigenvalue weighted by atomic mass is 10.1. The van der Waals surface area contributed by atoms with Crippen LogP contribution in [-0.2, 0) is 28.3 Å². The zero-order valence-corrected chi connectivity index (χ0v) is 21.9. The van der Waals surface area contributed by atoms with Crippen LogP contribution in [0.4, 0.5) is 5.82 Å². The molecule has 0 radical (unpaired) electrons. The number of carboxylic acids is 1. The summed E-state index contributed by atoms with van der Waals surface area (Å²) in [4.78, 5) is 35.4. The van der Waals surface area contributed by atoms with Crippen LogP contribution in [0.1, 0.15) is 17.1 Å². The lowest BCUT2D eigenvalue weighted by Crippen LogP contribution is -2.43. The quantitative estimate of drug-likeness (QED) is 0.228. The summed E-state index contributed by atoms with van der Waals surface area (Å²) in [5.41, 5.74) is 0.736. The maximum Gasteiger partial charge on any atom is 0.322 e. The molecule has 0 unspecified atom stereocenters. The van der Waals surface area contributed by atoms with Crippen molar-refractivity contribution in [1.29, 1.82) is 0 Å². The van der Waals surface area contributed by atoms with Crippen molar-refractivity contribution in [3.05, 3.63) is 81.3 Å². The van der Waals surface area contributed by atoms with Crippen LogP contribution < -0.4 is 15.6 Å². The molecule has 198 valence electrons. The van der Waals surface area contributed by atoms with Crippen molar-refractivity contribution in [2.24, 2.45) is 7.05 Å². The number of pyridine rings is 1. The van der Waals surface area contributed by atoms with Gasteiger partial charge in [0.25, 0.3) is 5.56 Å². The molecule has 0 saturated carbocycles. The fourth-order valence-electron chi connectivity index (χ4n) is 3.77. The van der Waals surface area contributed by atoms with Crippen LogP contribution >= 0.6 is 11.6 Å². The third-order valence-corrected chi connectivity index (χ3v) is 7.68. The number of rotatable bonds is 10. The number of aromatic amines is 1. The van der Waals surface area contributed by atoms with Crippen LogP contribution in [0.3, 0.4) is 0 Å². The fraction of sp³-hybridized carbons (Fsp3) is 0.208. The SMILES string of the molecule is Cc1nn(C)c(Cl)c1S(=O)(=O)N[C@@H](Cc1nc2ccc(/C=C/CNc3ccccn3)cc2c(=O)[nH]1)C(=O)O. The number of hydrogen-bond acceptors (Lipinski definition) is 8. The lowest BCUT2D eigenvalue weighted by molar-refractivity contribution is -0.139. The predicted molar refractivity (Wildman–Crippen MR) is 143 cm³/mol. The number of carbonyl (C=O) groups is 1. The number of fused-ring (bicyclic) bond motifs is 1. The van der Waals surface area contributed by atoms with E-state index in [1.807, 2.05) is 30.4 Å². The number of aromatic nitrogens is 5. The van der Waals surface area contributed by atoms with E-state index < -0.39 is 34.0 Å². The molecule has 14 heteroatoms. The Morgan fingerprint density at radius 2 is 2.08 bits per heavy atom. The van der Waals surface area contributed by atoms with Crippen molar-refractivity contribution in [3.8, 4) is 0 Å². The highest BCUT2D eigenvalue weighted by atomic mass is 35.5. The first-order valence-corrected chi connectivity index (χ1v) is 13.2. The van der Waals surface area contributed by atoms with Crippen molar-refractivity contribution in [2.45, 2.75) is 24.3 Å². The molecule has 0 aliphatic rings. The Balaban J connectivity index is 1.51. The molecule has 12 nitrogen and oxygen atoms in total. The number of halogens is 1. The van der Waals surface area contributed by atoms with Gasteiger partial charge in [-0.1, -0.05) is 35.9 Å². The smallest absolute Gasteiger partial charge is 0.322 e. The molecule has 0 fully saturated rings. The number of nitrogens with one attached hydrogen (secondary N) is 3. The number of nitrogens with zero attached hydrogens (tertiary/aromatic N) is 4. The first-order chi connectivity index (χ1) is 18.0. The van der Waals surface area contributed by atoms with Crippen LogP contribution in [0.2, 0.25) is 5.15 Å². The Hall–Kier alpha value is -4.07. The standard InChI is InChI=1S/C24H24ClN7O5S/c1-14-21(22(25)32(2)30-14)38(36,37)31-18(24(34)35)13-20-28-17-9-8-15(12-16(17)23(33)29-20)6-5-11-27-19-7-3-4-10-26-19/h3-10,12,18,31H,11,13H2,1-2H3,(H,26,27)(H,34,35)(H,28,29,33)/b6-5+/t18-/m0/s1. The first-order valence-electron chi connectivity index (χ1n) is 11.3. The minimum absolute atomic E-state index is 0.00876. The van der Waals surface area contributed by atoms with Crippen molar-refractivity contribution in [1.82, 2.24) is 29.5 Å². The normalized spacial score (nSPS) is 12.7. The summed E-state index contributed by atoms with van der Waals surface area (Å²) in [6.07, 6.45) is 5.00. The van der Waals surface area contributed by atoms with Crippen LogP contribution in [0, 0.1) is 6.92 Å². The molecule has 38 heavy (non-hydrogen) atoms. The molecule has 0 aliphatic heterocycles. The molecule has 3 heterocycles. The zero-order chi connectivity index (χ0) is 27.4. The third kappa shape index (κ3) is 6.07. The van der Waals surface area contributed by atoms with Crippen molar-refractivity contribution in [3.63, 3.8) is 0 Å². The van der Waals surface area contributed by atoms with E-state index >= 15 is 0 Å². The molecule has 1 aromatic carbocycles. The number of carboxylic acid groups (broad SMARTS) is 1.